The van der Waals surface area contributed by atoms with Crippen LogP contribution >= 0.6 is 0 Å². The van der Waals surface area contributed by atoms with Gasteiger partial charge in [0.1, 0.15) is 0 Å². The van der Waals surface area contributed by atoms with Crippen LogP contribution in [0.4, 0.5) is 30.7 Å². The lowest BCUT2D eigenvalue weighted by molar-refractivity contribution is -0.538. The normalized spacial score (nSPS) is 34.0. The number of rotatable bonds is 0. The van der Waals surface area contributed by atoms with Crippen molar-refractivity contribution in [3.63, 3.8) is 0 Å². The van der Waals surface area contributed by atoms with E-state index in [1.165, 1.54) is 0 Å². The van der Waals surface area contributed by atoms with Crippen molar-refractivity contribution < 1.29 is 35.8 Å². The molecule has 1 fully saturated rings. The summed E-state index contributed by atoms with van der Waals surface area (Å²) in [6.07, 6.45) is 0. The largest absolute Gasteiger partial charge is 0.384 e. The third-order valence-electron chi connectivity index (χ3n) is 1.60. The fourth-order valence-corrected chi connectivity index (χ4v) is 0.736. The minimum atomic E-state index is -5.91. The Balaban J connectivity index is 3.16. The zero-order chi connectivity index (χ0) is 10.0. The van der Waals surface area contributed by atoms with Crippen LogP contribution in [0.3, 0.4) is 0 Å². The second-order valence-electron chi connectivity index (χ2n) is 2.32. The van der Waals surface area contributed by atoms with Crippen molar-refractivity contribution in [1.29, 1.82) is 0 Å². The molecule has 1 rings (SSSR count). The monoisotopic (exact) mass is 197 g/mol. The molecule has 1 aliphatic carbocycles. The van der Waals surface area contributed by atoms with E-state index in [2.05, 4.69) is 0 Å². The molecule has 0 heterocycles. The molecule has 0 N–H and O–H groups in total. The minimum Gasteiger partial charge on any atom is -0.195 e. The highest BCUT2D eigenvalue weighted by Crippen LogP contribution is 2.67. The zero-order valence-electron chi connectivity index (χ0n) is 5.05. The van der Waals surface area contributed by atoms with E-state index in [1.807, 2.05) is 0 Å². The Bertz CT molecular complexity index is 155. The summed E-state index contributed by atoms with van der Waals surface area (Å²) < 4.78 is 81.7. The van der Waals surface area contributed by atoms with Crippen LogP contribution in [0, 0.1) is 0 Å². The molecule has 0 atom stereocenters. The third kappa shape index (κ3) is 0.540. The van der Waals surface area contributed by atoms with Crippen LogP contribution in [0.5, 0.6) is 0 Å². The van der Waals surface area contributed by atoms with Gasteiger partial charge in [0.15, 0.2) is 0 Å². The molecule has 0 aromatic carbocycles. The van der Waals surface area contributed by atoms with Crippen LogP contribution in [0.15, 0.2) is 0 Å². The molecule has 0 aromatic heterocycles. The maximum atomic E-state index is 11.7. The smallest absolute Gasteiger partial charge is 0.195 e. The van der Waals surface area contributed by atoms with E-state index < -0.39 is 23.6 Å². The van der Waals surface area contributed by atoms with E-state index >= 15 is 0 Å². The lowest BCUT2D eigenvalue weighted by Gasteiger charge is -2.49. The average Bonchev–Trinajstić information content (AvgIpc) is 1.84. The van der Waals surface area contributed by atoms with Crippen LogP contribution < -0.4 is 0 Å². The summed E-state index contributed by atoms with van der Waals surface area (Å²) in [6.45, 7) is 0. The van der Waals surface area contributed by atoms with Crippen molar-refractivity contribution in [2.24, 2.45) is 0 Å². The number of hydrogen-bond donors (Lipinski definition) is 0. The predicted molar refractivity (Wildman–Crippen MR) is 19.4 cm³/mol. The number of hydrogen-bond acceptors (Lipinski definition) is 0. The Kier molecular flexibility index (Phi) is 1.36. The van der Waals surface area contributed by atoms with Gasteiger partial charge in [0, 0.05) is 0 Å². The summed E-state index contributed by atoms with van der Waals surface area (Å²) in [5.74, 6) is -23.3. The van der Waals surface area contributed by atoms with E-state index in [0.717, 1.165) is 0 Å². The van der Waals surface area contributed by atoms with Crippen molar-refractivity contribution in [3.8, 4) is 0 Å². The first-order valence-electron chi connectivity index (χ1n) is 2.53. The van der Waals surface area contributed by atoms with Gasteiger partial charge in [-0.05, 0) is 0 Å². The summed E-state index contributed by atoms with van der Waals surface area (Å²) in [5.41, 5.74) is 0. The van der Waals surface area contributed by atoms with Gasteiger partial charge < -0.3 is 0 Å². The quantitative estimate of drug-likeness (QED) is 0.529. The predicted octanol–water partition coefficient (Wildman–Crippen LogP) is 2.00. The van der Waals surface area contributed by atoms with E-state index in [1.54, 1.807) is 0 Å². The molecular weight excluding hydrogens is 197 g/mol. The van der Waals surface area contributed by atoms with Crippen LogP contribution in [-0.2, 0) is 5.11 Å². The van der Waals surface area contributed by atoms with E-state index in [4.69, 9.17) is 0 Å². The van der Waals surface area contributed by atoms with E-state index in [-0.39, 0.29) is 0 Å². The Morgan fingerprint density at radius 1 is 0.583 bits per heavy atom. The Hall–Kier alpha value is -0.530. The van der Waals surface area contributed by atoms with E-state index in [0.29, 0.717) is 0 Å². The summed E-state index contributed by atoms with van der Waals surface area (Å²) in [5, 5.41) is 9.63. The highest BCUT2D eigenvalue weighted by atomic mass is 19.4. The summed E-state index contributed by atoms with van der Waals surface area (Å²) in [4.78, 5) is 0. The number of halogens is 7. The van der Waals surface area contributed by atoms with Crippen LogP contribution in [0.2, 0.25) is 0 Å². The molecule has 0 spiro atoms. The summed E-state index contributed by atoms with van der Waals surface area (Å²) in [6, 6.07) is 0. The van der Waals surface area contributed by atoms with Crippen LogP contribution in [0.1, 0.15) is 0 Å². The van der Waals surface area contributed by atoms with Gasteiger partial charge >= 0.3 is 23.6 Å². The van der Waals surface area contributed by atoms with Gasteiger partial charge in [-0.25, -0.2) is 0 Å². The average molecular weight is 197 g/mol. The Morgan fingerprint density at radius 3 is 0.917 bits per heavy atom. The molecule has 1 radical (unpaired) electrons. The topological polar surface area (TPSA) is 19.9 Å². The van der Waals surface area contributed by atoms with Gasteiger partial charge in [0.25, 0.3) is 0 Å². The Labute approximate surface area is 60.8 Å². The lowest BCUT2D eigenvalue weighted by Crippen LogP contribution is -2.83. The van der Waals surface area contributed by atoms with Crippen molar-refractivity contribution in [2.45, 2.75) is 23.6 Å². The molecule has 12 heavy (non-hydrogen) atoms. The summed E-state index contributed by atoms with van der Waals surface area (Å²) >= 11 is 0. The molecule has 71 valence electrons. The second-order valence-corrected chi connectivity index (χ2v) is 2.32. The molecule has 0 bridgehead atoms. The van der Waals surface area contributed by atoms with Gasteiger partial charge in [0.2, 0.25) is 0 Å². The molecule has 1 nitrogen and oxygen atoms in total. The molecule has 0 amide bonds. The molecule has 0 saturated heterocycles. The van der Waals surface area contributed by atoms with Crippen LogP contribution in [-0.4, -0.2) is 23.6 Å². The summed E-state index contributed by atoms with van der Waals surface area (Å²) in [7, 11) is 0. The molecule has 1 aliphatic rings. The molecule has 1 saturated carbocycles. The highest BCUT2D eigenvalue weighted by molar-refractivity contribution is 5.22. The van der Waals surface area contributed by atoms with Crippen molar-refractivity contribution in [2.75, 3.05) is 0 Å². The van der Waals surface area contributed by atoms with Crippen molar-refractivity contribution >= 4 is 0 Å². The first-order valence-corrected chi connectivity index (χ1v) is 2.53. The third-order valence-corrected chi connectivity index (χ3v) is 1.60. The fourth-order valence-electron chi connectivity index (χ4n) is 0.736. The van der Waals surface area contributed by atoms with Crippen LogP contribution in [0.25, 0.3) is 0 Å². The highest BCUT2D eigenvalue weighted by Gasteiger charge is 3.01. The fraction of sp³-hybridized carbons (Fsp3) is 1.00. The molecule has 0 aromatic rings. The van der Waals surface area contributed by atoms with Gasteiger partial charge in [-0.2, -0.15) is 35.8 Å². The minimum absolute atomic E-state index is 5.72. The molecule has 0 unspecified atom stereocenters. The first kappa shape index (κ1) is 9.56. The molecule has 0 aliphatic heterocycles. The van der Waals surface area contributed by atoms with Crippen molar-refractivity contribution in [3.05, 3.63) is 0 Å². The van der Waals surface area contributed by atoms with Gasteiger partial charge in [0.05, 0.1) is 0 Å². The maximum Gasteiger partial charge on any atom is 0.384 e. The second kappa shape index (κ2) is 1.70. The number of alkyl halides is 7. The van der Waals surface area contributed by atoms with Gasteiger partial charge in [-0.15, -0.1) is 0 Å². The first-order chi connectivity index (χ1) is 5.00. The molecular formula is C4F7O. The lowest BCUT2D eigenvalue weighted by atomic mass is 9.78. The zero-order valence-corrected chi connectivity index (χ0v) is 5.05. The van der Waals surface area contributed by atoms with Gasteiger partial charge in [-0.3, -0.25) is 0 Å². The van der Waals surface area contributed by atoms with Gasteiger partial charge in [-0.1, -0.05) is 0 Å². The molecule has 8 heteroatoms. The Morgan fingerprint density at radius 2 is 0.833 bits per heavy atom. The standard InChI is InChI=1S/C4F7O/c5-1(6)2(7,8)4(11,12)3(1,9)10. The maximum absolute atomic E-state index is 11.7. The SMILES string of the molecule is [O]C1(F)C(F)(F)C(F)(F)C1(F)F. The van der Waals surface area contributed by atoms with E-state index in [9.17, 15) is 35.8 Å². The van der Waals surface area contributed by atoms with Crippen molar-refractivity contribution in [1.82, 2.24) is 0 Å².